The second-order valence-corrected chi connectivity index (χ2v) is 6.63. The molecule has 1 fully saturated rings. The number of ether oxygens (including phenoxy) is 2. The standard InChI is InChI=1S/C19H27NO4/c1-12-9-10-17(23-4)15(11-12)19(22)24-14(3)18(21)20-16-8-6-5-7-13(16)2/h9-11,13-14,16H,5-8H2,1-4H3,(H,20,21)/t13-,14+,16+/m0/s1. The molecule has 1 aliphatic carbocycles. The average molecular weight is 333 g/mol. The van der Waals surface area contributed by atoms with E-state index in [0.717, 1.165) is 24.8 Å². The van der Waals surface area contributed by atoms with E-state index in [0.29, 0.717) is 17.2 Å². The van der Waals surface area contributed by atoms with Gasteiger partial charge in [-0.05, 0) is 44.7 Å². The van der Waals surface area contributed by atoms with E-state index < -0.39 is 12.1 Å². The third-order valence-electron chi connectivity index (χ3n) is 4.67. The number of amides is 1. The number of carbonyl (C=O) groups excluding carboxylic acids is 2. The Bertz CT molecular complexity index is 599. The average Bonchev–Trinajstić information content (AvgIpc) is 2.56. The van der Waals surface area contributed by atoms with Crippen LogP contribution in [0.15, 0.2) is 18.2 Å². The second kappa shape index (κ2) is 8.18. The number of benzene rings is 1. The van der Waals surface area contributed by atoms with Crippen LogP contribution in [0.1, 0.15) is 55.5 Å². The van der Waals surface area contributed by atoms with Gasteiger partial charge in [-0.2, -0.15) is 0 Å². The lowest BCUT2D eigenvalue weighted by Crippen LogP contribution is -2.46. The number of aryl methyl sites for hydroxylation is 1. The summed E-state index contributed by atoms with van der Waals surface area (Å²) in [5, 5.41) is 3.02. The van der Waals surface area contributed by atoms with Crippen LogP contribution in [0.2, 0.25) is 0 Å². The Labute approximate surface area is 143 Å². The van der Waals surface area contributed by atoms with Crippen LogP contribution in [0.25, 0.3) is 0 Å². The maximum Gasteiger partial charge on any atom is 0.342 e. The van der Waals surface area contributed by atoms with Crippen LogP contribution < -0.4 is 10.1 Å². The molecule has 1 amide bonds. The van der Waals surface area contributed by atoms with Crippen LogP contribution in [0.5, 0.6) is 5.75 Å². The van der Waals surface area contributed by atoms with Crippen LogP contribution in [0.4, 0.5) is 0 Å². The highest BCUT2D eigenvalue weighted by Gasteiger charge is 2.27. The predicted molar refractivity (Wildman–Crippen MR) is 92.2 cm³/mol. The molecule has 0 spiro atoms. The van der Waals surface area contributed by atoms with Crippen molar-refractivity contribution in [2.75, 3.05) is 7.11 Å². The Balaban J connectivity index is 1.98. The molecule has 0 aliphatic heterocycles. The SMILES string of the molecule is COc1ccc(C)cc1C(=O)O[C@H](C)C(=O)N[C@@H]1CCCC[C@@H]1C. The zero-order valence-corrected chi connectivity index (χ0v) is 14.9. The minimum atomic E-state index is -0.836. The molecular formula is C19H27NO4. The first-order valence-corrected chi connectivity index (χ1v) is 8.58. The van der Waals surface area contributed by atoms with Crippen molar-refractivity contribution in [3.63, 3.8) is 0 Å². The fraction of sp³-hybridized carbons (Fsp3) is 0.579. The van der Waals surface area contributed by atoms with E-state index in [4.69, 9.17) is 9.47 Å². The molecular weight excluding hydrogens is 306 g/mol. The van der Waals surface area contributed by atoms with Crippen molar-refractivity contribution in [3.05, 3.63) is 29.3 Å². The summed E-state index contributed by atoms with van der Waals surface area (Å²) in [6.45, 7) is 5.64. The summed E-state index contributed by atoms with van der Waals surface area (Å²) in [7, 11) is 1.50. The highest BCUT2D eigenvalue weighted by molar-refractivity contribution is 5.94. The maximum absolute atomic E-state index is 12.4. The Morgan fingerprint density at radius 3 is 2.62 bits per heavy atom. The molecule has 2 rings (SSSR count). The van der Waals surface area contributed by atoms with Gasteiger partial charge in [-0.1, -0.05) is 31.4 Å². The molecule has 0 heterocycles. The molecule has 0 bridgehead atoms. The molecule has 1 aromatic rings. The largest absolute Gasteiger partial charge is 0.496 e. The molecule has 5 heteroatoms. The summed E-state index contributed by atoms with van der Waals surface area (Å²) < 4.78 is 10.5. The van der Waals surface area contributed by atoms with Crippen LogP contribution in [0.3, 0.4) is 0 Å². The first kappa shape index (κ1) is 18.3. The summed E-state index contributed by atoms with van der Waals surface area (Å²) in [4.78, 5) is 24.7. The third-order valence-corrected chi connectivity index (χ3v) is 4.67. The lowest BCUT2D eigenvalue weighted by Gasteiger charge is -2.30. The quantitative estimate of drug-likeness (QED) is 0.840. The van der Waals surface area contributed by atoms with Crippen molar-refractivity contribution in [2.24, 2.45) is 5.92 Å². The highest BCUT2D eigenvalue weighted by Crippen LogP contribution is 2.24. The molecule has 1 saturated carbocycles. The van der Waals surface area contributed by atoms with Crippen LogP contribution in [-0.2, 0) is 9.53 Å². The van der Waals surface area contributed by atoms with Crippen LogP contribution in [0, 0.1) is 12.8 Å². The van der Waals surface area contributed by atoms with Crippen molar-refractivity contribution < 1.29 is 19.1 Å². The van der Waals surface area contributed by atoms with Gasteiger partial charge in [0.1, 0.15) is 11.3 Å². The summed E-state index contributed by atoms with van der Waals surface area (Å²) in [5.41, 5.74) is 1.26. The zero-order valence-electron chi connectivity index (χ0n) is 14.9. The summed E-state index contributed by atoms with van der Waals surface area (Å²) in [5.74, 6) is 0.116. The molecule has 1 N–H and O–H groups in total. The van der Waals surface area contributed by atoms with Gasteiger partial charge >= 0.3 is 5.97 Å². The Hall–Kier alpha value is -2.04. The van der Waals surface area contributed by atoms with Gasteiger partial charge < -0.3 is 14.8 Å². The van der Waals surface area contributed by atoms with Gasteiger partial charge in [0, 0.05) is 6.04 Å². The number of esters is 1. The number of hydrogen-bond acceptors (Lipinski definition) is 4. The summed E-state index contributed by atoms with van der Waals surface area (Å²) in [6.07, 6.45) is 3.62. The van der Waals surface area contributed by atoms with Gasteiger partial charge in [-0.3, -0.25) is 4.79 Å². The van der Waals surface area contributed by atoms with E-state index in [1.807, 2.05) is 13.0 Å². The lowest BCUT2D eigenvalue weighted by molar-refractivity contribution is -0.130. The first-order valence-electron chi connectivity index (χ1n) is 8.58. The Morgan fingerprint density at radius 2 is 1.96 bits per heavy atom. The topological polar surface area (TPSA) is 64.6 Å². The molecule has 0 saturated heterocycles. The monoisotopic (exact) mass is 333 g/mol. The van der Waals surface area contributed by atoms with Crippen LogP contribution in [-0.4, -0.2) is 31.1 Å². The van der Waals surface area contributed by atoms with Gasteiger partial charge in [0.15, 0.2) is 6.10 Å². The minimum absolute atomic E-state index is 0.168. The fourth-order valence-electron chi connectivity index (χ4n) is 3.09. The fourth-order valence-corrected chi connectivity index (χ4v) is 3.09. The van der Waals surface area contributed by atoms with E-state index >= 15 is 0 Å². The van der Waals surface area contributed by atoms with E-state index in [9.17, 15) is 9.59 Å². The van der Waals surface area contributed by atoms with Crippen LogP contribution >= 0.6 is 0 Å². The molecule has 3 atom stereocenters. The lowest BCUT2D eigenvalue weighted by atomic mass is 9.86. The summed E-state index contributed by atoms with van der Waals surface area (Å²) in [6, 6.07) is 5.45. The Kier molecular flexibility index (Phi) is 6.23. The second-order valence-electron chi connectivity index (χ2n) is 6.63. The predicted octanol–water partition coefficient (Wildman–Crippen LogP) is 3.24. The van der Waals surface area contributed by atoms with E-state index in [1.165, 1.54) is 13.5 Å². The molecule has 0 aromatic heterocycles. The number of methoxy groups -OCH3 is 1. The molecule has 0 unspecified atom stereocenters. The molecule has 1 aromatic carbocycles. The number of hydrogen-bond donors (Lipinski definition) is 1. The normalized spacial score (nSPS) is 21.7. The van der Waals surface area contributed by atoms with Gasteiger partial charge in [0.2, 0.25) is 0 Å². The number of rotatable bonds is 5. The van der Waals surface area contributed by atoms with E-state index in [1.54, 1.807) is 19.1 Å². The van der Waals surface area contributed by atoms with Crippen molar-refractivity contribution in [3.8, 4) is 5.75 Å². The van der Waals surface area contributed by atoms with Gasteiger partial charge in [-0.25, -0.2) is 4.79 Å². The van der Waals surface area contributed by atoms with Gasteiger partial charge in [0.05, 0.1) is 7.11 Å². The molecule has 0 radical (unpaired) electrons. The summed E-state index contributed by atoms with van der Waals surface area (Å²) >= 11 is 0. The molecule has 5 nitrogen and oxygen atoms in total. The third kappa shape index (κ3) is 4.49. The first-order chi connectivity index (χ1) is 11.4. The number of nitrogens with one attached hydrogen (secondary N) is 1. The molecule has 1 aliphatic rings. The Morgan fingerprint density at radius 1 is 1.25 bits per heavy atom. The van der Waals surface area contributed by atoms with E-state index in [-0.39, 0.29) is 11.9 Å². The zero-order chi connectivity index (χ0) is 17.7. The molecule has 132 valence electrons. The highest BCUT2D eigenvalue weighted by atomic mass is 16.5. The van der Waals surface area contributed by atoms with E-state index in [2.05, 4.69) is 12.2 Å². The van der Waals surface area contributed by atoms with Crippen molar-refractivity contribution >= 4 is 11.9 Å². The smallest absolute Gasteiger partial charge is 0.342 e. The van der Waals surface area contributed by atoms with Crippen molar-refractivity contribution in [1.82, 2.24) is 5.32 Å². The maximum atomic E-state index is 12.4. The minimum Gasteiger partial charge on any atom is -0.496 e. The number of carbonyl (C=O) groups is 2. The van der Waals surface area contributed by atoms with Gasteiger partial charge in [-0.15, -0.1) is 0 Å². The van der Waals surface area contributed by atoms with Crippen molar-refractivity contribution in [2.45, 2.75) is 58.6 Å². The van der Waals surface area contributed by atoms with Gasteiger partial charge in [0.25, 0.3) is 5.91 Å². The van der Waals surface area contributed by atoms with Crippen molar-refractivity contribution in [1.29, 1.82) is 0 Å². The molecule has 24 heavy (non-hydrogen) atoms.